The Morgan fingerprint density at radius 1 is 1.15 bits per heavy atom. The van der Waals surface area contributed by atoms with Crippen molar-refractivity contribution in [3.63, 3.8) is 0 Å². The molecule has 1 saturated heterocycles. The highest BCUT2D eigenvalue weighted by molar-refractivity contribution is 6.30. The third-order valence-electron chi connectivity index (χ3n) is 5.66. The molecule has 138 valence electrons. The molecule has 2 fully saturated rings. The van der Waals surface area contributed by atoms with E-state index in [1.807, 2.05) is 24.3 Å². The number of anilines is 4. The highest BCUT2D eigenvalue weighted by Crippen LogP contribution is 2.54. The molecule has 1 aliphatic heterocycles. The van der Waals surface area contributed by atoms with Crippen molar-refractivity contribution in [3.05, 3.63) is 35.6 Å². The van der Waals surface area contributed by atoms with Gasteiger partial charge in [-0.05, 0) is 54.4 Å². The lowest BCUT2D eigenvalue weighted by atomic mass is 9.65. The zero-order valence-corrected chi connectivity index (χ0v) is 16.3. The van der Waals surface area contributed by atoms with Crippen molar-refractivity contribution < 1.29 is 0 Å². The van der Waals surface area contributed by atoms with Gasteiger partial charge in [-0.25, -0.2) is 9.97 Å². The Labute approximate surface area is 160 Å². The van der Waals surface area contributed by atoms with Gasteiger partial charge in [-0.2, -0.15) is 0 Å². The summed E-state index contributed by atoms with van der Waals surface area (Å²) in [5, 5.41) is 3.99. The number of fused-ring (bicyclic) bond motifs is 2. The molecule has 2 unspecified atom stereocenters. The molecule has 4 rings (SSSR count). The first-order valence-electron chi connectivity index (χ1n) is 9.14. The van der Waals surface area contributed by atoms with Crippen LogP contribution in [0.15, 0.2) is 30.6 Å². The minimum atomic E-state index is 0.327. The van der Waals surface area contributed by atoms with Crippen molar-refractivity contribution in [2.75, 3.05) is 22.5 Å². The molecule has 1 saturated carbocycles. The van der Waals surface area contributed by atoms with E-state index in [1.54, 1.807) is 6.33 Å². The first kappa shape index (κ1) is 17.4. The standard InChI is InChI=1S/C20H26ClN5/c1-19(2)8-15-9-20(3,10-19)11-26(15)18-16(22)17(23-12-24-18)25-14-6-4-13(21)5-7-14/h4-7,12,15H,8-11,22H2,1-3H3,(H,23,24,25). The molecule has 6 heteroatoms. The van der Waals surface area contributed by atoms with Crippen LogP contribution in [0.5, 0.6) is 0 Å². The summed E-state index contributed by atoms with van der Waals surface area (Å²) in [5.41, 5.74) is 8.68. The van der Waals surface area contributed by atoms with Crippen LogP contribution in [0.1, 0.15) is 40.0 Å². The number of nitrogens with two attached hydrogens (primary N) is 1. The summed E-state index contributed by atoms with van der Waals surface area (Å²) in [6.07, 6.45) is 5.22. The SMILES string of the molecule is CC1(C)CC2CC(C)(CN2c2ncnc(Nc3ccc(Cl)cc3)c2N)C1. The third-order valence-corrected chi connectivity index (χ3v) is 5.91. The maximum atomic E-state index is 6.48. The van der Waals surface area contributed by atoms with Crippen molar-refractivity contribution in [1.29, 1.82) is 0 Å². The van der Waals surface area contributed by atoms with E-state index in [-0.39, 0.29) is 0 Å². The van der Waals surface area contributed by atoms with Crippen LogP contribution in [0.25, 0.3) is 0 Å². The Morgan fingerprint density at radius 2 is 1.88 bits per heavy atom. The molecule has 2 atom stereocenters. The van der Waals surface area contributed by atoms with Gasteiger partial charge in [-0.1, -0.05) is 32.4 Å². The number of benzene rings is 1. The number of nitrogen functional groups attached to an aromatic ring is 1. The van der Waals surface area contributed by atoms with Gasteiger partial charge in [0.25, 0.3) is 0 Å². The number of rotatable bonds is 3. The maximum Gasteiger partial charge on any atom is 0.159 e. The van der Waals surface area contributed by atoms with E-state index in [9.17, 15) is 0 Å². The number of hydrogen-bond donors (Lipinski definition) is 2. The van der Waals surface area contributed by atoms with Gasteiger partial charge in [-0.15, -0.1) is 0 Å². The molecule has 26 heavy (non-hydrogen) atoms. The fourth-order valence-corrected chi connectivity index (χ4v) is 5.22. The van der Waals surface area contributed by atoms with Crippen LogP contribution < -0.4 is 16.0 Å². The second kappa shape index (κ2) is 6.02. The molecular formula is C20H26ClN5. The molecule has 1 aromatic carbocycles. The highest BCUT2D eigenvalue weighted by atomic mass is 35.5. The normalized spacial score (nSPS) is 26.8. The molecule has 2 aliphatic rings. The van der Waals surface area contributed by atoms with E-state index >= 15 is 0 Å². The minimum absolute atomic E-state index is 0.327. The number of aromatic nitrogens is 2. The second-order valence-electron chi connectivity index (χ2n) is 8.93. The predicted octanol–water partition coefficient (Wildman–Crippen LogP) is 4.86. The molecule has 1 aliphatic carbocycles. The summed E-state index contributed by atoms with van der Waals surface area (Å²) < 4.78 is 0. The molecule has 0 spiro atoms. The molecule has 0 radical (unpaired) electrons. The van der Waals surface area contributed by atoms with E-state index in [0.717, 1.165) is 18.1 Å². The van der Waals surface area contributed by atoms with Crippen molar-refractivity contribution in [2.24, 2.45) is 10.8 Å². The molecule has 3 N–H and O–H groups in total. The Kier molecular flexibility index (Phi) is 4.03. The van der Waals surface area contributed by atoms with Crippen molar-refractivity contribution in [3.8, 4) is 0 Å². The average molecular weight is 372 g/mol. The van der Waals surface area contributed by atoms with E-state index in [1.165, 1.54) is 19.3 Å². The number of hydrogen-bond acceptors (Lipinski definition) is 5. The summed E-state index contributed by atoms with van der Waals surface area (Å²) in [6, 6.07) is 8.00. The van der Waals surface area contributed by atoms with Crippen molar-refractivity contribution in [1.82, 2.24) is 9.97 Å². The van der Waals surface area contributed by atoms with E-state index in [4.69, 9.17) is 17.3 Å². The lowest BCUT2D eigenvalue weighted by molar-refractivity contribution is 0.136. The molecule has 5 nitrogen and oxygen atoms in total. The second-order valence-corrected chi connectivity index (χ2v) is 9.37. The van der Waals surface area contributed by atoms with Crippen LogP contribution in [-0.4, -0.2) is 22.6 Å². The fourth-order valence-electron chi connectivity index (χ4n) is 5.09. The number of halogens is 1. The van der Waals surface area contributed by atoms with Gasteiger partial charge in [-0.3, -0.25) is 0 Å². The molecule has 1 aromatic heterocycles. The summed E-state index contributed by atoms with van der Waals surface area (Å²) in [6.45, 7) is 8.14. The minimum Gasteiger partial charge on any atom is -0.393 e. The maximum absolute atomic E-state index is 6.48. The first-order chi connectivity index (χ1) is 12.2. The number of nitrogens with zero attached hydrogens (tertiary/aromatic N) is 3. The zero-order chi connectivity index (χ0) is 18.5. The van der Waals surface area contributed by atoms with Gasteiger partial charge >= 0.3 is 0 Å². The first-order valence-corrected chi connectivity index (χ1v) is 9.52. The number of nitrogens with one attached hydrogen (secondary N) is 1. The molecular weight excluding hydrogens is 346 g/mol. The molecule has 2 heterocycles. The fraction of sp³-hybridized carbons (Fsp3) is 0.500. The lowest BCUT2D eigenvalue weighted by Crippen LogP contribution is -2.35. The quantitative estimate of drug-likeness (QED) is 0.806. The third kappa shape index (κ3) is 3.20. The Morgan fingerprint density at radius 3 is 2.62 bits per heavy atom. The van der Waals surface area contributed by atoms with Gasteiger partial charge in [0.15, 0.2) is 11.6 Å². The predicted molar refractivity (Wildman–Crippen MR) is 108 cm³/mol. The Hall–Kier alpha value is -2.01. The van der Waals surface area contributed by atoms with Gasteiger partial charge in [0, 0.05) is 23.3 Å². The highest BCUT2D eigenvalue weighted by Gasteiger charge is 2.50. The van der Waals surface area contributed by atoms with Gasteiger partial charge < -0.3 is 16.0 Å². The van der Waals surface area contributed by atoms with Crippen LogP contribution in [-0.2, 0) is 0 Å². The van der Waals surface area contributed by atoms with E-state index in [0.29, 0.717) is 33.4 Å². The van der Waals surface area contributed by atoms with E-state index < -0.39 is 0 Å². The van der Waals surface area contributed by atoms with Gasteiger partial charge in [0.05, 0.1) is 0 Å². The van der Waals surface area contributed by atoms with Crippen molar-refractivity contribution >= 4 is 34.6 Å². The molecule has 2 aromatic rings. The van der Waals surface area contributed by atoms with Crippen LogP contribution in [0, 0.1) is 10.8 Å². The lowest BCUT2D eigenvalue weighted by Gasteiger charge is -2.39. The largest absolute Gasteiger partial charge is 0.393 e. The summed E-state index contributed by atoms with van der Waals surface area (Å²) in [7, 11) is 0. The topological polar surface area (TPSA) is 67.1 Å². The molecule has 0 amide bonds. The van der Waals surface area contributed by atoms with Crippen LogP contribution in [0.4, 0.5) is 23.0 Å². The van der Waals surface area contributed by atoms with Gasteiger partial charge in [0.1, 0.15) is 12.0 Å². The monoisotopic (exact) mass is 371 g/mol. The zero-order valence-electron chi connectivity index (χ0n) is 15.6. The smallest absolute Gasteiger partial charge is 0.159 e. The van der Waals surface area contributed by atoms with Crippen molar-refractivity contribution in [2.45, 2.75) is 46.1 Å². The Balaban J connectivity index is 1.63. The van der Waals surface area contributed by atoms with Gasteiger partial charge in [0.2, 0.25) is 0 Å². The van der Waals surface area contributed by atoms with E-state index in [2.05, 4.69) is 41.0 Å². The van der Waals surface area contributed by atoms with Crippen LogP contribution in [0.2, 0.25) is 5.02 Å². The van der Waals surface area contributed by atoms with Crippen LogP contribution in [0.3, 0.4) is 0 Å². The molecule has 2 bridgehead atoms. The van der Waals surface area contributed by atoms with Crippen LogP contribution >= 0.6 is 11.6 Å². The summed E-state index contributed by atoms with van der Waals surface area (Å²) >= 11 is 5.96. The summed E-state index contributed by atoms with van der Waals surface area (Å²) in [5.74, 6) is 1.49. The average Bonchev–Trinajstić information content (AvgIpc) is 2.80. The Bertz CT molecular complexity index is 819. The summed E-state index contributed by atoms with van der Waals surface area (Å²) in [4.78, 5) is 11.3.